The van der Waals surface area contributed by atoms with Gasteiger partial charge in [-0.2, -0.15) is 0 Å². The minimum atomic E-state index is -0.638. The van der Waals surface area contributed by atoms with Crippen molar-refractivity contribution in [1.82, 2.24) is 10.6 Å². The lowest BCUT2D eigenvalue weighted by Gasteiger charge is -2.30. The third kappa shape index (κ3) is 5.11. The Morgan fingerprint density at radius 3 is 2.42 bits per heavy atom. The molecule has 0 aromatic heterocycles. The predicted molar refractivity (Wildman–Crippen MR) is 96.9 cm³/mol. The van der Waals surface area contributed by atoms with Gasteiger partial charge in [0.25, 0.3) is 0 Å². The van der Waals surface area contributed by atoms with Gasteiger partial charge in [0.05, 0.1) is 18.0 Å². The minimum absolute atomic E-state index is 0. The molecule has 0 bridgehead atoms. The van der Waals surface area contributed by atoms with Gasteiger partial charge in [0.15, 0.2) is 0 Å². The number of carbonyl (C=O) groups excluding carboxylic acids is 2. The fourth-order valence-electron chi connectivity index (χ4n) is 3.35. The van der Waals surface area contributed by atoms with Crippen LogP contribution in [-0.4, -0.2) is 24.0 Å². The molecule has 0 aliphatic heterocycles. The molecule has 1 aliphatic rings. The van der Waals surface area contributed by atoms with Crippen molar-refractivity contribution in [2.24, 2.45) is 11.5 Å². The zero-order valence-electron chi connectivity index (χ0n) is 14.0. The molecule has 134 valence electrons. The Labute approximate surface area is 149 Å². The topological polar surface area (TPSA) is 110 Å². The van der Waals surface area contributed by atoms with Gasteiger partial charge in [0, 0.05) is 6.54 Å². The molecule has 6 N–H and O–H groups in total. The summed E-state index contributed by atoms with van der Waals surface area (Å²) in [6, 6.07) is 6.57. The summed E-state index contributed by atoms with van der Waals surface area (Å²) in [4.78, 5) is 23.8. The average molecular weight is 355 g/mol. The number of amides is 3. The molecule has 2 rings (SSSR count). The van der Waals surface area contributed by atoms with Crippen molar-refractivity contribution in [2.45, 2.75) is 50.6 Å². The summed E-state index contributed by atoms with van der Waals surface area (Å²) in [5.74, 6) is -0.112. The third-order valence-electron chi connectivity index (χ3n) is 4.63. The highest BCUT2D eigenvalue weighted by Crippen LogP contribution is 2.29. The lowest BCUT2D eigenvalue weighted by atomic mass is 9.95. The first-order valence-corrected chi connectivity index (χ1v) is 8.08. The van der Waals surface area contributed by atoms with E-state index in [0.29, 0.717) is 6.54 Å². The highest BCUT2D eigenvalue weighted by atomic mass is 35.5. The van der Waals surface area contributed by atoms with E-state index < -0.39 is 12.1 Å². The average Bonchev–Trinajstić information content (AvgIpc) is 2.95. The van der Waals surface area contributed by atoms with Gasteiger partial charge in [-0.1, -0.05) is 37.1 Å². The summed E-state index contributed by atoms with van der Waals surface area (Å²) >= 11 is 0. The van der Waals surface area contributed by atoms with Crippen LogP contribution in [0, 0.1) is 6.92 Å². The second kappa shape index (κ2) is 8.89. The monoisotopic (exact) mass is 354 g/mol. The van der Waals surface area contributed by atoms with E-state index in [4.69, 9.17) is 11.5 Å². The molecule has 24 heavy (non-hydrogen) atoms. The highest BCUT2D eigenvalue weighted by Gasteiger charge is 2.34. The van der Waals surface area contributed by atoms with Gasteiger partial charge in [0.2, 0.25) is 5.91 Å². The predicted octanol–water partition coefficient (Wildman–Crippen LogP) is 1.90. The second-order valence-electron chi connectivity index (χ2n) is 6.36. The molecule has 0 radical (unpaired) electrons. The fourth-order valence-corrected chi connectivity index (χ4v) is 3.35. The van der Waals surface area contributed by atoms with Crippen LogP contribution in [-0.2, 0) is 4.79 Å². The molecule has 7 heteroatoms. The van der Waals surface area contributed by atoms with E-state index in [1.165, 1.54) is 0 Å². The number of primary amides is 1. The Balaban J connectivity index is 0.00000288. The van der Waals surface area contributed by atoms with Gasteiger partial charge in [0.1, 0.15) is 0 Å². The van der Waals surface area contributed by atoms with E-state index >= 15 is 0 Å². The summed E-state index contributed by atoms with van der Waals surface area (Å²) in [7, 11) is 0. The first kappa shape index (κ1) is 20.3. The van der Waals surface area contributed by atoms with Crippen LogP contribution in [0.25, 0.3) is 0 Å². The number of hydrogen-bond donors (Lipinski definition) is 4. The Hall–Kier alpha value is -1.79. The van der Waals surface area contributed by atoms with Crippen LogP contribution in [0.1, 0.15) is 49.3 Å². The van der Waals surface area contributed by atoms with E-state index in [9.17, 15) is 9.59 Å². The third-order valence-corrected chi connectivity index (χ3v) is 4.63. The van der Waals surface area contributed by atoms with Gasteiger partial charge < -0.3 is 22.1 Å². The van der Waals surface area contributed by atoms with Crippen LogP contribution in [0.3, 0.4) is 0 Å². The van der Waals surface area contributed by atoms with Crippen molar-refractivity contribution in [3.63, 3.8) is 0 Å². The van der Waals surface area contributed by atoms with Crippen LogP contribution >= 0.6 is 12.4 Å². The standard InChI is InChI=1S/C17H26N4O2.ClH/c1-12-6-2-3-7-13(12)14(20-16(19)23)10-15(22)21-17(11-18)8-4-5-9-17;/h2-3,6-7,14H,4-5,8-11,18H2,1H3,(H,21,22)(H3,19,20,23);1H. The van der Waals surface area contributed by atoms with E-state index in [-0.39, 0.29) is 30.3 Å². The molecule has 1 fully saturated rings. The number of aryl methyl sites for hydroxylation is 1. The van der Waals surface area contributed by atoms with Crippen molar-refractivity contribution in [3.8, 4) is 0 Å². The van der Waals surface area contributed by atoms with Gasteiger partial charge in [-0.15, -0.1) is 12.4 Å². The summed E-state index contributed by atoms with van der Waals surface area (Å²) in [6.07, 6.45) is 4.13. The maximum absolute atomic E-state index is 12.5. The van der Waals surface area contributed by atoms with E-state index in [0.717, 1.165) is 36.8 Å². The number of nitrogens with two attached hydrogens (primary N) is 2. The van der Waals surface area contributed by atoms with Crippen LogP contribution in [0.5, 0.6) is 0 Å². The van der Waals surface area contributed by atoms with Gasteiger partial charge in [-0.25, -0.2) is 4.79 Å². The van der Waals surface area contributed by atoms with Crippen LogP contribution in [0.2, 0.25) is 0 Å². The Kier molecular flexibility index (Phi) is 7.51. The largest absolute Gasteiger partial charge is 0.352 e. The van der Waals surface area contributed by atoms with Crippen molar-refractivity contribution >= 4 is 24.3 Å². The SMILES string of the molecule is Cc1ccccc1C(CC(=O)NC1(CN)CCCC1)NC(N)=O.Cl. The summed E-state index contributed by atoms with van der Waals surface area (Å²) in [5, 5.41) is 5.75. The molecular formula is C17H27ClN4O2. The Morgan fingerprint density at radius 2 is 1.88 bits per heavy atom. The quantitative estimate of drug-likeness (QED) is 0.626. The van der Waals surface area contributed by atoms with Crippen molar-refractivity contribution in [2.75, 3.05) is 6.54 Å². The van der Waals surface area contributed by atoms with Gasteiger partial charge >= 0.3 is 6.03 Å². The van der Waals surface area contributed by atoms with Crippen LogP contribution in [0.4, 0.5) is 4.79 Å². The number of urea groups is 1. The summed E-state index contributed by atoms with van der Waals surface area (Å²) in [5.41, 5.74) is 12.7. The smallest absolute Gasteiger partial charge is 0.312 e. The molecule has 0 spiro atoms. The molecule has 1 aliphatic carbocycles. The van der Waals surface area contributed by atoms with E-state index in [2.05, 4.69) is 10.6 Å². The number of hydrogen-bond acceptors (Lipinski definition) is 3. The number of nitrogens with one attached hydrogen (secondary N) is 2. The van der Waals surface area contributed by atoms with Crippen molar-refractivity contribution in [3.05, 3.63) is 35.4 Å². The normalized spacial score (nSPS) is 16.8. The van der Waals surface area contributed by atoms with Crippen molar-refractivity contribution in [1.29, 1.82) is 0 Å². The van der Waals surface area contributed by atoms with Gasteiger partial charge in [-0.3, -0.25) is 4.79 Å². The molecule has 1 unspecified atom stereocenters. The maximum atomic E-state index is 12.5. The molecule has 1 aromatic carbocycles. The van der Waals surface area contributed by atoms with E-state index in [1.54, 1.807) is 0 Å². The molecule has 1 saturated carbocycles. The number of halogens is 1. The number of benzene rings is 1. The first-order chi connectivity index (χ1) is 11.0. The number of rotatable bonds is 6. The highest BCUT2D eigenvalue weighted by molar-refractivity contribution is 5.85. The minimum Gasteiger partial charge on any atom is -0.352 e. The van der Waals surface area contributed by atoms with Crippen LogP contribution < -0.4 is 22.1 Å². The lowest BCUT2D eigenvalue weighted by molar-refractivity contribution is -0.123. The zero-order chi connectivity index (χ0) is 16.9. The summed E-state index contributed by atoms with van der Waals surface area (Å²) in [6.45, 7) is 2.39. The molecular weight excluding hydrogens is 328 g/mol. The molecule has 0 saturated heterocycles. The molecule has 0 heterocycles. The van der Waals surface area contributed by atoms with Crippen LogP contribution in [0.15, 0.2) is 24.3 Å². The Bertz CT molecular complexity index is 573. The zero-order valence-corrected chi connectivity index (χ0v) is 14.8. The molecule has 6 nitrogen and oxygen atoms in total. The van der Waals surface area contributed by atoms with E-state index in [1.807, 2.05) is 31.2 Å². The fraction of sp³-hybridized carbons (Fsp3) is 0.529. The second-order valence-corrected chi connectivity index (χ2v) is 6.36. The summed E-state index contributed by atoms with van der Waals surface area (Å²) < 4.78 is 0. The lowest BCUT2D eigenvalue weighted by Crippen LogP contribution is -2.52. The molecule has 1 atom stereocenters. The maximum Gasteiger partial charge on any atom is 0.312 e. The molecule has 3 amide bonds. The van der Waals surface area contributed by atoms with Gasteiger partial charge in [-0.05, 0) is 30.9 Å². The Morgan fingerprint density at radius 1 is 1.25 bits per heavy atom. The van der Waals surface area contributed by atoms with Crippen molar-refractivity contribution < 1.29 is 9.59 Å². The number of carbonyl (C=O) groups is 2. The first-order valence-electron chi connectivity index (χ1n) is 8.08. The molecule has 1 aromatic rings.